The highest BCUT2D eigenvalue weighted by molar-refractivity contribution is 8.02. The van der Waals surface area contributed by atoms with Gasteiger partial charge < -0.3 is 9.13 Å². The Balaban J connectivity index is 0.000000200. The average molecular weight is 527 g/mol. The topological polar surface area (TPSA) is 81.4 Å². The summed E-state index contributed by atoms with van der Waals surface area (Å²) in [5, 5.41) is 16.9. The maximum Gasteiger partial charge on any atom is 0.235 e. The van der Waals surface area contributed by atoms with Crippen molar-refractivity contribution in [3.63, 3.8) is 0 Å². The Hall–Kier alpha value is -3.88. The third-order valence-corrected chi connectivity index (χ3v) is 5.50. The molecule has 0 fully saturated rings. The summed E-state index contributed by atoms with van der Waals surface area (Å²) in [7, 11) is 1.88. The van der Waals surface area contributed by atoms with Gasteiger partial charge in [-0.3, -0.25) is 9.89 Å². The van der Waals surface area contributed by atoms with Crippen LogP contribution in [-0.2, 0) is 7.05 Å². The van der Waals surface area contributed by atoms with Gasteiger partial charge in [0, 0.05) is 18.7 Å². The van der Waals surface area contributed by atoms with Gasteiger partial charge in [-0.05, 0) is 85.4 Å². The third-order valence-electron chi connectivity index (χ3n) is 4.34. The van der Waals surface area contributed by atoms with Crippen molar-refractivity contribution in [2.75, 3.05) is 0 Å². The first-order valence-electron chi connectivity index (χ1n) is 10.5. The number of ketones is 1. The fourth-order valence-corrected chi connectivity index (χ4v) is 3.40. The smallest absolute Gasteiger partial charge is 0.235 e. The molecular formula is C25H24F2N6OS2. The second-order valence-corrected chi connectivity index (χ2v) is 8.60. The van der Waals surface area contributed by atoms with Gasteiger partial charge in [0.1, 0.15) is 24.3 Å². The van der Waals surface area contributed by atoms with Gasteiger partial charge >= 0.3 is 0 Å². The Morgan fingerprint density at radius 2 is 1.72 bits per heavy atom. The number of rotatable bonds is 5. The summed E-state index contributed by atoms with van der Waals surface area (Å²) in [6.07, 6.45) is 10.1. The van der Waals surface area contributed by atoms with Gasteiger partial charge in [-0.1, -0.05) is 23.9 Å². The first-order valence-corrected chi connectivity index (χ1v) is 11.8. The molecule has 0 saturated heterocycles. The van der Waals surface area contributed by atoms with Gasteiger partial charge in [-0.25, -0.2) is 8.78 Å². The molecule has 0 radical (unpaired) electrons. The second kappa shape index (κ2) is 14.5. The Bertz CT molecular complexity index is 1370. The molecule has 1 N–H and O–H groups in total. The van der Waals surface area contributed by atoms with Crippen molar-refractivity contribution in [2.24, 2.45) is 7.05 Å². The summed E-state index contributed by atoms with van der Waals surface area (Å²) in [4.78, 5) is 10.8. The number of hydrogen-bond donors (Lipinski definition) is 1. The number of benzene rings is 2. The number of hydrogen-bond acceptors (Lipinski definition) is 6. The summed E-state index contributed by atoms with van der Waals surface area (Å²) < 4.78 is 29.3. The van der Waals surface area contributed by atoms with E-state index in [9.17, 15) is 13.6 Å². The van der Waals surface area contributed by atoms with Crippen molar-refractivity contribution in [2.45, 2.75) is 25.0 Å². The van der Waals surface area contributed by atoms with Crippen molar-refractivity contribution in [3.8, 4) is 12.3 Å². The summed E-state index contributed by atoms with van der Waals surface area (Å²) in [6.45, 7) is 4.12. The SMILES string of the molecule is C#CC(=O)c1ccc(F)cc1.CC(C)n1cn[nH]c1=S.Cn1cnnc1S/C=C/c1ccc(F)cc1. The molecule has 0 aliphatic rings. The largest absolute Gasteiger partial charge is 0.312 e. The molecule has 4 aromatic rings. The minimum Gasteiger partial charge on any atom is -0.312 e. The standard InChI is InChI=1S/C11H10FN3S.C9H5FO.C5H9N3S/c1-15-8-13-14-11(15)16-7-6-9-2-4-10(12)5-3-9;1-2-9(11)7-3-5-8(10)6-4-7;1-4(2)8-3-6-7-5(8)9/h2-8H,1H3;1,3-6H;3-4H,1-2H3,(H,7,9)/b7-6+;;. The van der Waals surface area contributed by atoms with Crippen molar-refractivity contribution >= 4 is 35.8 Å². The van der Waals surface area contributed by atoms with E-state index in [0.717, 1.165) is 10.7 Å². The highest BCUT2D eigenvalue weighted by Gasteiger charge is 2.00. The Morgan fingerprint density at radius 1 is 1.11 bits per heavy atom. The zero-order chi connectivity index (χ0) is 26.5. The van der Waals surface area contributed by atoms with Crippen LogP contribution in [0.2, 0.25) is 0 Å². The number of terminal acetylenes is 1. The van der Waals surface area contributed by atoms with Crippen LogP contribution in [0.5, 0.6) is 0 Å². The van der Waals surface area contributed by atoms with Crippen LogP contribution >= 0.6 is 24.0 Å². The highest BCUT2D eigenvalue weighted by atomic mass is 32.2. The number of carbonyl (C=O) groups is 1. The molecule has 2 aromatic carbocycles. The quantitative estimate of drug-likeness (QED) is 0.115. The zero-order valence-electron chi connectivity index (χ0n) is 19.8. The summed E-state index contributed by atoms with van der Waals surface area (Å²) in [5.74, 6) is 0.913. The average Bonchev–Trinajstić information content (AvgIpc) is 3.49. The first-order chi connectivity index (χ1) is 17.2. The van der Waals surface area contributed by atoms with Gasteiger partial charge in [0.2, 0.25) is 5.78 Å². The van der Waals surface area contributed by atoms with E-state index in [-0.39, 0.29) is 11.6 Å². The van der Waals surface area contributed by atoms with E-state index in [1.165, 1.54) is 48.2 Å². The molecule has 0 spiro atoms. The zero-order valence-corrected chi connectivity index (χ0v) is 21.4. The molecule has 186 valence electrons. The van der Waals surface area contributed by atoms with Crippen molar-refractivity contribution in [3.05, 3.63) is 94.1 Å². The second-order valence-electron chi connectivity index (χ2n) is 7.34. The fraction of sp³-hybridized carbons (Fsp3) is 0.160. The molecule has 36 heavy (non-hydrogen) atoms. The molecule has 2 heterocycles. The molecule has 0 aliphatic carbocycles. The Labute approximate surface area is 217 Å². The van der Waals surface area contributed by atoms with E-state index in [1.807, 2.05) is 33.6 Å². The van der Waals surface area contributed by atoms with Crippen LogP contribution in [-0.4, -0.2) is 35.3 Å². The van der Waals surface area contributed by atoms with Crippen LogP contribution in [0.15, 0.2) is 71.8 Å². The van der Waals surface area contributed by atoms with Gasteiger partial charge in [0.25, 0.3) is 0 Å². The number of aromatic amines is 1. The van der Waals surface area contributed by atoms with E-state index >= 15 is 0 Å². The molecule has 0 bridgehead atoms. The molecule has 0 unspecified atom stereocenters. The Morgan fingerprint density at radius 3 is 2.17 bits per heavy atom. The van der Waals surface area contributed by atoms with Gasteiger partial charge in [0.15, 0.2) is 9.93 Å². The molecule has 0 amide bonds. The highest BCUT2D eigenvalue weighted by Crippen LogP contribution is 2.16. The number of aromatic nitrogens is 6. The lowest BCUT2D eigenvalue weighted by molar-refractivity contribution is 0.105. The first kappa shape index (κ1) is 28.4. The lowest BCUT2D eigenvalue weighted by Crippen LogP contribution is -1.97. The van der Waals surface area contributed by atoms with Crippen LogP contribution in [0.3, 0.4) is 0 Å². The summed E-state index contributed by atoms with van der Waals surface area (Å²) in [5.41, 5.74) is 1.30. The van der Waals surface area contributed by atoms with E-state index < -0.39 is 5.78 Å². The fourth-order valence-electron chi connectivity index (χ4n) is 2.44. The molecule has 0 saturated carbocycles. The Kier molecular flexibility index (Phi) is 11.4. The van der Waals surface area contributed by atoms with E-state index in [1.54, 1.807) is 24.8 Å². The van der Waals surface area contributed by atoms with Crippen LogP contribution in [0.4, 0.5) is 8.78 Å². The molecule has 2 aromatic heterocycles. The van der Waals surface area contributed by atoms with Gasteiger partial charge in [-0.2, -0.15) is 5.10 Å². The number of thioether (sulfide) groups is 1. The lowest BCUT2D eigenvalue weighted by atomic mass is 10.1. The number of Topliss-reactive ketones (excluding diaryl/α,β-unsaturated/α-hetero) is 1. The normalized spacial score (nSPS) is 10.2. The van der Waals surface area contributed by atoms with Gasteiger partial charge in [0.05, 0.1) is 0 Å². The number of carbonyl (C=O) groups excluding carboxylic acids is 1. The lowest BCUT2D eigenvalue weighted by Gasteiger charge is -2.02. The van der Waals surface area contributed by atoms with E-state index in [2.05, 4.69) is 34.2 Å². The predicted molar refractivity (Wildman–Crippen MR) is 140 cm³/mol. The third kappa shape index (κ3) is 9.40. The number of halogens is 2. The van der Waals surface area contributed by atoms with Crippen molar-refractivity contribution < 1.29 is 13.6 Å². The molecule has 0 aliphatic heterocycles. The van der Waals surface area contributed by atoms with Crippen molar-refractivity contribution in [1.29, 1.82) is 0 Å². The summed E-state index contributed by atoms with van der Waals surface area (Å²) >= 11 is 6.37. The van der Waals surface area contributed by atoms with Crippen LogP contribution in [0.1, 0.15) is 35.8 Å². The molecular weight excluding hydrogens is 502 g/mol. The minimum atomic E-state index is -0.426. The van der Waals surface area contributed by atoms with Crippen LogP contribution in [0.25, 0.3) is 6.08 Å². The maximum absolute atomic E-state index is 12.6. The monoisotopic (exact) mass is 526 g/mol. The summed E-state index contributed by atoms with van der Waals surface area (Å²) in [6, 6.07) is 11.8. The maximum atomic E-state index is 12.6. The molecule has 7 nitrogen and oxygen atoms in total. The minimum absolute atomic E-state index is 0.224. The number of aryl methyl sites for hydroxylation is 1. The van der Waals surface area contributed by atoms with Crippen molar-refractivity contribution in [1.82, 2.24) is 29.5 Å². The molecule has 11 heteroatoms. The predicted octanol–water partition coefficient (Wildman–Crippen LogP) is 5.88. The van der Waals surface area contributed by atoms with Gasteiger partial charge in [-0.15, -0.1) is 16.6 Å². The number of nitrogens with one attached hydrogen (secondary N) is 1. The van der Waals surface area contributed by atoms with Crippen LogP contribution in [0, 0.1) is 28.7 Å². The molecule has 4 rings (SSSR count). The molecule has 0 atom stereocenters. The van der Waals surface area contributed by atoms with E-state index in [4.69, 9.17) is 18.6 Å². The van der Waals surface area contributed by atoms with E-state index in [0.29, 0.717) is 16.4 Å². The number of nitrogens with zero attached hydrogens (tertiary/aromatic N) is 5. The number of H-pyrrole nitrogens is 1. The van der Waals surface area contributed by atoms with Crippen LogP contribution < -0.4 is 0 Å².